The van der Waals surface area contributed by atoms with E-state index in [0.29, 0.717) is 19.3 Å². The first-order chi connectivity index (χ1) is 35.2. The molecule has 0 aromatic heterocycles. The molecule has 0 radical (unpaired) electrons. The molecule has 72 heavy (non-hydrogen) atoms. The lowest BCUT2D eigenvalue weighted by atomic mass is 10.0. The Bertz CT molecular complexity index is 1580. The minimum absolute atomic E-state index is 0.109. The maximum absolute atomic E-state index is 12.9. The van der Waals surface area contributed by atoms with Gasteiger partial charge < -0.3 is 24.2 Å². The van der Waals surface area contributed by atoms with Crippen LogP contribution in [0.2, 0.25) is 0 Å². The van der Waals surface area contributed by atoms with Gasteiger partial charge in [0.1, 0.15) is 12.7 Å². The van der Waals surface area contributed by atoms with Crippen molar-refractivity contribution in [2.24, 2.45) is 0 Å². The minimum Gasteiger partial charge on any atom is -0.462 e. The van der Waals surface area contributed by atoms with E-state index >= 15 is 0 Å². The number of carbonyl (C=O) groups is 3. The fraction of sp³-hybridized carbons (Fsp3) is 0.683. The summed E-state index contributed by atoms with van der Waals surface area (Å²) in [5.41, 5.74) is 0. The maximum atomic E-state index is 12.9. The zero-order chi connectivity index (χ0) is 52.7. The second-order valence-electron chi connectivity index (χ2n) is 18.3. The summed E-state index contributed by atoms with van der Waals surface area (Å²) in [6.07, 6.45) is 62.3. The Labute approximate surface area is 438 Å². The summed E-state index contributed by atoms with van der Waals surface area (Å²) in [7, 11) is -4.77. The normalized spacial score (nSPS) is 14.1. The van der Waals surface area contributed by atoms with E-state index in [1.165, 1.54) is 70.6 Å². The van der Waals surface area contributed by atoms with Crippen molar-refractivity contribution in [3.63, 3.8) is 0 Å². The number of ether oxygens (including phenoxy) is 3. The molecule has 0 aromatic carbocycles. The first-order valence-corrected chi connectivity index (χ1v) is 29.6. The highest BCUT2D eigenvalue weighted by atomic mass is 31.2. The van der Waals surface area contributed by atoms with Crippen LogP contribution in [0.25, 0.3) is 0 Å². The zero-order valence-corrected chi connectivity index (χ0v) is 46.3. The van der Waals surface area contributed by atoms with Gasteiger partial charge in [-0.1, -0.05) is 208 Å². The number of phosphoric acid groups is 1. The molecule has 3 atom stereocenters. The number of phosphoric ester groups is 1. The second kappa shape index (κ2) is 53.7. The number of hydrogen-bond donors (Lipinski definition) is 2. The van der Waals surface area contributed by atoms with Crippen LogP contribution in [0.4, 0.5) is 0 Å². The molecule has 0 aromatic rings. The topological polar surface area (TPSA) is 155 Å². The van der Waals surface area contributed by atoms with Gasteiger partial charge in [0, 0.05) is 19.3 Å². The lowest BCUT2D eigenvalue weighted by Gasteiger charge is -2.21. The molecule has 0 aliphatic carbocycles. The largest absolute Gasteiger partial charge is 0.472 e. The van der Waals surface area contributed by atoms with Gasteiger partial charge in [-0.2, -0.15) is 0 Å². The smallest absolute Gasteiger partial charge is 0.462 e. The van der Waals surface area contributed by atoms with Crippen LogP contribution in [0.5, 0.6) is 0 Å². The molecule has 0 saturated heterocycles. The summed E-state index contributed by atoms with van der Waals surface area (Å²) in [6, 6.07) is 0. The molecule has 12 heteroatoms. The van der Waals surface area contributed by atoms with Gasteiger partial charge in [0.05, 0.1) is 19.8 Å². The van der Waals surface area contributed by atoms with Crippen LogP contribution in [0.1, 0.15) is 226 Å². The maximum Gasteiger partial charge on any atom is 0.472 e. The number of hydrogen-bond acceptors (Lipinski definition) is 10. The number of unbranched alkanes of at least 4 members (excludes halogenated alkanes) is 18. The third-order valence-electron chi connectivity index (χ3n) is 11.5. The predicted molar refractivity (Wildman–Crippen MR) is 297 cm³/mol. The molecular weight excluding hydrogens is 928 g/mol. The highest BCUT2D eigenvalue weighted by Gasteiger charge is 2.28. The van der Waals surface area contributed by atoms with E-state index in [1.54, 1.807) is 0 Å². The third kappa shape index (κ3) is 51.3. The number of aliphatic hydroxyl groups is 1. The number of allylic oxidation sites excluding steroid dienone is 16. The van der Waals surface area contributed by atoms with Gasteiger partial charge in [-0.3, -0.25) is 23.4 Å². The van der Waals surface area contributed by atoms with Crippen LogP contribution in [0.3, 0.4) is 0 Å². The zero-order valence-electron chi connectivity index (χ0n) is 45.4. The van der Waals surface area contributed by atoms with Crippen molar-refractivity contribution < 1.29 is 52.2 Å². The van der Waals surface area contributed by atoms with Crippen LogP contribution in [0, 0.1) is 0 Å². The molecule has 0 bridgehead atoms. The lowest BCUT2D eigenvalue weighted by molar-refractivity contribution is -0.161. The van der Waals surface area contributed by atoms with Crippen molar-refractivity contribution in [1.82, 2.24) is 0 Å². The summed E-state index contributed by atoms with van der Waals surface area (Å²) in [5, 5.41) is 9.80. The van der Waals surface area contributed by atoms with E-state index in [1.807, 2.05) is 0 Å². The van der Waals surface area contributed by atoms with Crippen molar-refractivity contribution in [1.29, 1.82) is 0 Å². The summed E-state index contributed by atoms with van der Waals surface area (Å²) < 4.78 is 39.4. The average Bonchev–Trinajstić information content (AvgIpc) is 3.37. The quantitative estimate of drug-likeness (QED) is 0.0197. The molecule has 0 fully saturated rings. The van der Waals surface area contributed by atoms with E-state index in [4.69, 9.17) is 23.3 Å². The summed E-state index contributed by atoms with van der Waals surface area (Å²) in [6.45, 7) is 4.32. The number of rotatable bonds is 51. The molecule has 3 unspecified atom stereocenters. The Morgan fingerprint density at radius 3 is 1.11 bits per heavy atom. The molecule has 11 nitrogen and oxygen atoms in total. The molecule has 0 heterocycles. The predicted octanol–water partition coefficient (Wildman–Crippen LogP) is 16.5. The average molecular weight is 1030 g/mol. The first-order valence-electron chi connectivity index (χ1n) is 28.1. The fourth-order valence-electron chi connectivity index (χ4n) is 7.28. The van der Waals surface area contributed by atoms with Gasteiger partial charge in [-0.15, -0.1) is 0 Å². The summed E-state index contributed by atoms with van der Waals surface area (Å²) in [5.74, 6) is -1.56. The van der Waals surface area contributed by atoms with Crippen molar-refractivity contribution in [3.05, 3.63) is 97.2 Å². The van der Waals surface area contributed by atoms with Gasteiger partial charge in [-0.25, -0.2) is 4.57 Å². The van der Waals surface area contributed by atoms with Gasteiger partial charge in [-0.05, 0) is 96.3 Å². The van der Waals surface area contributed by atoms with Gasteiger partial charge >= 0.3 is 25.7 Å². The number of esters is 3. The van der Waals surface area contributed by atoms with Crippen LogP contribution < -0.4 is 0 Å². The molecule has 0 amide bonds. The van der Waals surface area contributed by atoms with Crippen molar-refractivity contribution in [2.75, 3.05) is 26.4 Å². The van der Waals surface area contributed by atoms with Crippen molar-refractivity contribution in [3.8, 4) is 0 Å². The third-order valence-corrected chi connectivity index (χ3v) is 12.5. The van der Waals surface area contributed by atoms with Crippen molar-refractivity contribution >= 4 is 25.7 Å². The Hall–Kier alpha value is -3.60. The van der Waals surface area contributed by atoms with E-state index in [0.717, 1.165) is 96.3 Å². The van der Waals surface area contributed by atoms with Crippen LogP contribution >= 0.6 is 7.82 Å². The molecule has 0 aliphatic heterocycles. The molecular formula is C60H101O11P. The number of aliphatic hydroxyl groups excluding tert-OH is 1. The Morgan fingerprint density at radius 1 is 0.403 bits per heavy atom. The molecule has 0 spiro atoms. The highest BCUT2D eigenvalue weighted by Crippen LogP contribution is 2.43. The highest BCUT2D eigenvalue weighted by molar-refractivity contribution is 7.47. The SMILES string of the molecule is CC/C=C\C/C=C\C/C=C\C/C=C\CCCCC(=O)OC(CO)COP(=O)(O)OCC(COC(=O)CCCCCCCCCCCCCCCCC)OC(=O)CCCC/C=C\C/C=C\C/C=C\C/C=C\CC. The van der Waals surface area contributed by atoms with Crippen LogP contribution in [-0.2, 0) is 42.2 Å². The Kier molecular flexibility index (Phi) is 51.0. The first kappa shape index (κ1) is 68.4. The summed E-state index contributed by atoms with van der Waals surface area (Å²) >= 11 is 0. The summed E-state index contributed by atoms with van der Waals surface area (Å²) in [4.78, 5) is 48.5. The van der Waals surface area contributed by atoms with Gasteiger partial charge in [0.2, 0.25) is 0 Å². The van der Waals surface area contributed by atoms with Crippen molar-refractivity contribution in [2.45, 2.75) is 238 Å². The van der Waals surface area contributed by atoms with E-state index in [9.17, 15) is 28.9 Å². The van der Waals surface area contributed by atoms with Gasteiger partial charge in [0.25, 0.3) is 0 Å². The Morgan fingerprint density at radius 2 is 0.722 bits per heavy atom. The minimum atomic E-state index is -4.77. The standard InChI is InChI=1S/C60H101O11P/c1-4-7-10-13-16-19-22-25-28-31-34-37-40-43-46-49-58(62)67-53-57(71-60(64)51-48-45-42-39-36-33-30-27-24-21-18-15-12-9-6-3)55-69-72(65,66)68-54-56(52-61)70-59(63)50-47-44-41-38-35-32-29-26-23-20-17-14-11-8-5-2/h8-9,11-12,17-18,20-21,26-27,29-30,35-36,38-39,56-57,61H,4-7,10,13-16,19,22-25,28,31-34,37,40-55H2,1-3H3,(H,65,66)/b11-8-,12-9-,20-17-,21-18-,29-26-,30-27-,38-35-,39-36-. The second-order valence-corrected chi connectivity index (χ2v) is 19.8. The molecule has 0 saturated carbocycles. The molecule has 2 N–H and O–H groups in total. The lowest BCUT2D eigenvalue weighted by Crippen LogP contribution is -2.30. The van der Waals surface area contributed by atoms with Crippen LogP contribution in [0.15, 0.2) is 97.2 Å². The van der Waals surface area contributed by atoms with E-state index < -0.39 is 57.8 Å². The Balaban J connectivity index is 4.82. The van der Waals surface area contributed by atoms with E-state index in [2.05, 4.69) is 118 Å². The van der Waals surface area contributed by atoms with Crippen LogP contribution in [-0.4, -0.2) is 66.5 Å². The monoisotopic (exact) mass is 1030 g/mol. The molecule has 0 aliphatic rings. The molecule has 0 rings (SSSR count). The molecule has 412 valence electrons. The number of carbonyl (C=O) groups excluding carboxylic acids is 3. The fourth-order valence-corrected chi connectivity index (χ4v) is 8.06. The van der Waals surface area contributed by atoms with Gasteiger partial charge in [0.15, 0.2) is 6.10 Å². The van der Waals surface area contributed by atoms with E-state index in [-0.39, 0.29) is 25.9 Å².